The second kappa shape index (κ2) is 4.64. The smallest absolute Gasteiger partial charge is 0.163 e. The Bertz CT molecular complexity index is 251. The van der Waals surface area contributed by atoms with E-state index in [-0.39, 0.29) is 12.2 Å². The van der Waals surface area contributed by atoms with E-state index in [9.17, 15) is 0 Å². The molecule has 4 heteroatoms. The van der Waals surface area contributed by atoms with E-state index in [1.807, 2.05) is 13.8 Å². The van der Waals surface area contributed by atoms with E-state index < -0.39 is 4.33 Å². The van der Waals surface area contributed by atoms with Crippen molar-refractivity contribution in [3.8, 4) is 0 Å². The molecule has 2 nitrogen and oxygen atoms in total. The number of alkyl halides is 2. The first-order chi connectivity index (χ1) is 7.54. The first-order valence-electron chi connectivity index (χ1n) is 6.15. The molecule has 0 N–H and O–H groups in total. The van der Waals surface area contributed by atoms with Gasteiger partial charge in [0.05, 0.1) is 0 Å². The lowest BCUT2D eigenvalue weighted by atomic mass is 10.2. The van der Waals surface area contributed by atoms with Crippen molar-refractivity contribution in [2.24, 2.45) is 23.7 Å². The van der Waals surface area contributed by atoms with E-state index in [1.165, 1.54) is 6.42 Å². The van der Waals surface area contributed by atoms with Crippen LogP contribution in [0.25, 0.3) is 0 Å². The highest BCUT2D eigenvalue weighted by Gasteiger charge is 2.72. The topological polar surface area (TPSA) is 18.5 Å². The molecule has 0 amide bonds. The first-order valence-corrected chi connectivity index (χ1v) is 6.90. The van der Waals surface area contributed by atoms with E-state index in [4.69, 9.17) is 32.7 Å². The average molecular weight is 267 g/mol. The summed E-state index contributed by atoms with van der Waals surface area (Å²) in [5, 5.41) is 0. The van der Waals surface area contributed by atoms with Crippen LogP contribution in [0.3, 0.4) is 0 Å². The Labute approximate surface area is 108 Å². The molecule has 0 aromatic rings. The Morgan fingerprint density at radius 1 is 1.25 bits per heavy atom. The van der Waals surface area contributed by atoms with Crippen LogP contribution in [0.15, 0.2) is 0 Å². The predicted octanol–water partition coefficient (Wildman–Crippen LogP) is 3.46. The van der Waals surface area contributed by atoms with Gasteiger partial charge in [-0.15, -0.1) is 23.2 Å². The summed E-state index contributed by atoms with van der Waals surface area (Å²) in [5.74, 6) is 1.93. The molecular formula is C12H20Cl2O2. The molecule has 16 heavy (non-hydrogen) atoms. The number of halogens is 2. The van der Waals surface area contributed by atoms with Crippen LogP contribution in [0.2, 0.25) is 0 Å². The van der Waals surface area contributed by atoms with E-state index >= 15 is 0 Å². The van der Waals surface area contributed by atoms with Gasteiger partial charge in [-0.05, 0) is 32.1 Å². The third-order valence-corrected chi connectivity index (χ3v) is 4.76. The zero-order valence-electron chi connectivity index (χ0n) is 10.1. The third kappa shape index (κ3) is 2.22. The van der Waals surface area contributed by atoms with Crippen molar-refractivity contribution < 1.29 is 9.47 Å². The fraction of sp³-hybridized carbons (Fsp3) is 1.00. The molecule has 0 radical (unpaired) electrons. The predicted molar refractivity (Wildman–Crippen MR) is 65.7 cm³/mol. The van der Waals surface area contributed by atoms with Crippen molar-refractivity contribution in [1.29, 1.82) is 0 Å². The molecule has 0 aromatic carbocycles. The minimum Gasteiger partial charge on any atom is -0.353 e. The maximum atomic E-state index is 6.35. The molecule has 0 saturated heterocycles. The summed E-state index contributed by atoms with van der Waals surface area (Å²) in [4.78, 5) is 0. The van der Waals surface area contributed by atoms with Gasteiger partial charge in [-0.25, -0.2) is 0 Å². The van der Waals surface area contributed by atoms with Crippen molar-refractivity contribution in [3.63, 3.8) is 0 Å². The van der Waals surface area contributed by atoms with E-state index in [0.29, 0.717) is 25.0 Å². The van der Waals surface area contributed by atoms with Crippen LogP contribution in [0.1, 0.15) is 27.2 Å². The number of ether oxygens (including phenoxy) is 2. The SMILES string of the molecule is CCOC(OCC)C1C(C2CC2C)C1(Cl)Cl. The van der Waals surface area contributed by atoms with Crippen molar-refractivity contribution in [2.45, 2.75) is 37.8 Å². The Morgan fingerprint density at radius 3 is 2.12 bits per heavy atom. The number of rotatable bonds is 6. The molecule has 0 bridgehead atoms. The summed E-state index contributed by atoms with van der Waals surface area (Å²) in [6, 6.07) is 0. The molecule has 2 saturated carbocycles. The highest BCUT2D eigenvalue weighted by atomic mass is 35.5. The van der Waals surface area contributed by atoms with Crippen LogP contribution in [0.4, 0.5) is 0 Å². The maximum absolute atomic E-state index is 6.35. The molecule has 2 rings (SSSR count). The van der Waals surface area contributed by atoms with Crippen LogP contribution in [0.5, 0.6) is 0 Å². The molecule has 0 aliphatic heterocycles. The van der Waals surface area contributed by atoms with Crippen LogP contribution in [0, 0.1) is 23.7 Å². The number of hydrogen-bond donors (Lipinski definition) is 0. The standard InChI is InChI=1S/C12H20Cl2O2/c1-4-15-11(16-5-2)10-9(12(10,13)14)8-6-7(8)3/h7-11H,4-6H2,1-3H3. The Morgan fingerprint density at radius 2 is 1.75 bits per heavy atom. The van der Waals surface area contributed by atoms with Gasteiger partial charge in [0.25, 0.3) is 0 Å². The van der Waals surface area contributed by atoms with E-state index in [0.717, 1.165) is 5.92 Å². The van der Waals surface area contributed by atoms with Crippen LogP contribution in [-0.2, 0) is 9.47 Å². The molecular weight excluding hydrogens is 247 g/mol. The van der Waals surface area contributed by atoms with Gasteiger partial charge in [-0.1, -0.05) is 6.92 Å². The molecule has 94 valence electrons. The van der Waals surface area contributed by atoms with Gasteiger partial charge >= 0.3 is 0 Å². The van der Waals surface area contributed by atoms with Gasteiger partial charge in [0.15, 0.2) is 6.29 Å². The largest absolute Gasteiger partial charge is 0.353 e. The lowest BCUT2D eigenvalue weighted by molar-refractivity contribution is -0.151. The summed E-state index contributed by atoms with van der Waals surface area (Å²) in [6.07, 6.45) is 1.01. The van der Waals surface area contributed by atoms with Gasteiger partial charge in [-0.3, -0.25) is 0 Å². The molecule has 2 aliphatic carbocycles. The van der Waals surface area contributed by atoms with Gasteiger partial charge in [0, 0.05) is 25.0 Å². The van der Waals surface area contributed by atoms with E-state index in [2.05, 4.69) is 6.92 Å². The summed E-state index contributed by atoms with van der Waals surface area (Å²) in [7, 11) is 0. The second-order valence-corrected chi connectivity index (χ2v) is 6.33. The number of hydrogen-bond acceptors (Lipinski definition) is 2. The van der Waals surface area contributed by atoms with Gasteiger partial charge in [0.2, 0.25) is 0 Å². The van der Waals surface area contributed by atoms with Gasteiger partial charge in [-0.2, -0.15) is 0 Å². The summed E-state index contributed by atoms with van der Waals surface area (Å²) >= 11 is 12.7. The third-order valence-electron chi connectivity index (χ3n) is 3.75. The normalized spacial score (nSPS) is 40.1. The molecule has 4 atom stereocenters. The average Bonchev–Trinajstić information content (AvgIpc) is 3.03. The summed E-state index contributed by atoms with van der Waals surface area (Å²) < 4.78 is 10.6. The maximum Gasteiger partial charge on any atom is 0.163 e. The molecule has 0 aromatic heterocycles. The van der Waals surface area contributed by atoms with Crippen molar-refractivity contribution in [2.75, 3.05) is 13.2 Å². The van der Waals surface area contributed by atoms with Crippen LogP contribution < -0.4 is 0 Å². The van der Waals surface area contributed by atoms with Crippen LogP contribution in [-0.4, -0.2) is 23.8 Å². The Kier molecular flexibility index (Phi) is 3.75. The molecule has 2 aliphatic rings. The molecule has 4 unspecified atom stereocenters. The van der Waals surface area contributed by atoms with Crippen LogP contribution >= 0.6 is 23.2 Å². The fourth-order valence-corrected chi connectivity index (χ4v) is 3.66. The van der Waals surface area contributed by atoms with Crippen molar-refractivity contribution >= 4 is 23.2 Å². The lowest BCUT2D eigenvalue weighted by Crippen LogP contribution is -2.22. The monoisotopic (exact) mass is 266 g/mol. The van der Waals surface area contributed by atoms with E-state index in [1.54, 1.807) is 0 Å². The Balaban J connectivity index is 1.97. The molecule has 0 heterocycles. The molecule has 2 fully saturated rings. The van der Waals surface area contributed by atoms with Crippen molar-refractivity contribution in [3.05, 3.63) is 0 Å². The zero-order valence-corrected chi connectivity index (χ0v) is 11.6. The van der Waals surface area contributed by atoms with Crippen molar-refractivity contribution in [1.82, 2.24) is 0 Å². The lowest BCUT2D eigenvalue weighted by Gasteiger charge is -2.17. The van der Waals surface area contributed by atoms with Gasteiger partial charge < -0.3 is 9.47 Å². The molecule has 0 spiro atoms. The summed E-state index contributed by atoms with van der Waals surface area (Å²) in [5.41, 5.74) is 0. The summed E-state index contributed by atoms with van der Waals surface area (Å²) in [6.45, 7) is 7.46. The first kappa shape index (κ1) is 12.9. The minimum absolute atomic E-state index is 0.144. The van der Waals surface area contributed by atoms with Gasteiger partial charge in [0.1, 0.15) is 4.33 Å². The Hall–Kier alpha value is 0.500. The second-order valence-electron chi connectivity index (χ2n) is 4.88. The highest BCUT2D eigenvalue weighted by Crippen LogP contribution is 2.70. The minimum atomic E-state index is -0.634. The highest BCUT2D eigenvalue weighted by molar-refractivity contribution is 6.51. The zero-order chi connectivity index (χ0) is 11.9. The fourth-order valence-electron chi connectivity index (χ4n) is 2.71. The quantitative estimate of drug-likeness (QED) is 0.542.